The van der Waals surface area contributed by atoms with Crippen LogP contribution in [0.4, 0.5) is 0 Å². The molecule has 0 bridgehead atoms. The van der Waals surface area contributed by atoms with E-state index in [2.05, 4.69) is 25.7 Å². The zero-order chi connectivity index (χ0) is 13.9. The van der Waals surface area contributed by atoms with Crippen LogP contribution in [0, 0.1) is 0 Å². The molecule has 3 heterocycles. The Morgan fingerprint density at radius 2 is 2.25 bits per heavy atom. The van der Waals surface area contributed by atoms with Crippen LogP contribution in [0.2, 0.25) is 0 Å². The fourth-order valence-electron chi connectivity index (χ4n) is 2.00. The molecule has 20 heavy (non-hydrogen) atoms. The summed E-state index contributed by atoms with van der Waals surface area (Å²) < 4.78 is 7.04. The molecule has 7 nitrogen and oxygen atoms in total. The van der Waals surface area contributed by atoms with Gasteiger partial charge in [-0.05, 0) is 19.1 Å². The van der Waals surface area contributed by atoms with Crippen molar-refractivity contribution in [3.05, 3.63) is 41.9 Å². The van der Waals surface area contributed by atoms with E-state index in [4.69, 9.17) is 4.52 Å². The monoisotopic (exact) mass is 272 g/mol. The Hall–Kier alpha value is -2.28. The lowest BCUT2D eigenvalue weighted by Gasteiger charge is -2.10. The van der Waals surface area contributed by atoms with Crippen molar-refractivity contribution >= 4 is 5.65 Å². The van der Waals surface area contributed by atoms with Crippen molar-refractivity contribution in [2.45, 2.75) is 32.9 Å². The van der Waals surface area contributed by atoms with Gasteiger partial charge in [-0.3, -0.25) is 4.40 Å². The maximum Gasteiger partial charge on any atom is 0.226 e. The second-order valence-corrected chi connectivity index (χ2v) is 4.55. The quantitative estimate of drug-likeness (QED) is 0.758. The van der Waals surface area contributed by atoms with Crippen LogP contribution in [0.5, 0.6) is 0 Å². The van der Waals surface area contributed by atoms with Gasteiger partial charge in [0, 0.05) is 12.6 Å². The summed E-state index contributed by atoms with van der Waals surface area (Å²) in [6.07, 6.45) is 2.70. The van der Waals surface area contributed by atoms with Crippen LogP contribution in [0.15, 0.2) is 28.9 Å². The van der Waals surface area contributed by atoms with Crippen LogP contribution < -0.4 is 5.32 Å². The Balaban J connectivity index is 1.71. The Bertz CT molecular complexity index is 704. The van der Waals surface area contributed by atoms with Crippen molar-refractivity contribution in [3.63, 3.8) is 0 Å². The van der Waals surface area contributed by atoms with Gasteiger partial charge in [0.2, 0.25) is 5.89 Å². The normalized spacial score (nSPS) is 12.9. The highest BCUT2D eigenvalue weighted by atomic mass is 16.5. The summed E-state index contributed by atoms with van der Waals surface area (Å²) >= 11 is 0. The van der Waals surface area contributed by atoms with Crippen molar-refractivity contribution in [2.75, 3.05) is 0 Å². The molecule has 1 atom stereocenters. The van der Waals surface area contributed by atoms with Crippen molar-refractivity contribution in [1.82, 2.24) is 30.1 Å². The van der Waals surface area contributed by atoms with E-state index in [1.165, 1.54) is 0 Å². The maximum atomic E-state index is 5.07. The minimum Gasteiger partial charge on any atom is -0.339 e. The molecule has 0 aromatic carbocycles. The number of nitrogens with zero attached hydrogens (tertiary/aromatic N) is 5. The summed E-state index contributed by atoms with van der Waals surface area (Å²) in [5.41, 5.74) is 0.837. The van der Waals surface area contributed by atoms with E-state index in [1.54, 1.807) is 0 Å². The molecule has 0 saturated heterocycles. The van der Waals surface area contributed by atoms with Gasteiger partial charge in [0.15, 0.2) is 17.3 Å². The first-order chi connectivity index (χ1) is 9.78. The first kappa shape index (κ1) is 12.7. The molecular formula is C13H16N6O. The van der Waals surface area contributed by atoms with Gasteiger partial charge < -0.3 is 9.84 Å². The summed E-state index contributed by atoms with van der Waals surface area (Å²) in [7, 11) is 0. The summed E-state index contributed by atoms with van der Waals surface area (Å²) in [5, 5.41) is 15.6. The molecule has 0 saturated carbocycles. The SMILES string of the molecule is CCc1nc(CN[C@@H](C)c2nnc3ccccn23)no1. The highest BCUT2D eigenvalue weighted by Crippen LogP contribution is 2.12. The van der Waals surface area contributed by atoms with Gasteiger partial charge in [-0.1, -0.05) is 18.1 Å². The number of nitrogens with one attached hydrogen (secondary N) is 1. The van der Waals surface area contributed by atoms with Crippen molar-refractivity contribution < 1.29 is 4.52 Å². The number of aromatic nitrogens is 5. The van der Waals surface area contributed by atoms with Gasteiger partial charge in [-0.25, -0.2) is 0 Å². The third kappa shape index (κ3) is 2.39. The molecule has 0 aliphatic rings. The highest BCUT2D eigenvalue weighted by Gasteiger charge is 2.13. The first-order valence-corrected chi connectivity index (χ1v) is 6.62. The molecule has 3 aromatic rings. The van der Waals surface area contributed by atoms with Crippen LogP contribution in [0.3, 0.4) is 0 Å². The van der Waals surface area contributed by atoms with Crippen molar-refractivity contribution in [3.8, 4) is 0 Å². The average molecular weight is 272 g/mol. The van der Waals surface area contributed by atoms with E-state index in [9.17, 15) is 0 Å². The second kappa shape index (κ2) is 5.38. The topological polar surface area (TPSA) is 81.1 Å². The zero-order valence-electron chi connectivity index (χ0n) is 11.4. The molecule has 3 rings (SSSR count). The van der Waals surface area contributed by atoms with Gasteiger partial charge in [0.1, 0.15) is 0 Å². The lowest BCUT2D eigenvalue weighted by molar-refractivity contribution is 0.373. The second-order valence-electron chi connectivity index (χ2n) is 4.55. The lowest BCUT2D eigenvalue weighted by Crippen LogP contribution is -2.21. The number of pyridine rings is 1. The van der Waals surface area contributed by atoms with Crippen LogP contribution in [-0.2, 0) is 13.0 Å². The van der Waals surface area contributed by atoms with Gasteiger partial charge in [0.05, 0.1) is 12.6 Å². The van der Waals surface area contributed by atoms with E-state index in [0.717, 1.165) is 17.9 Å². The number of hydrogen-bond donors (Lipinski definition) is 1. The van der Waals surface area contributed by atoms with Crippen LogP contribution in [-0.4, -0.2) is 24.7 Å². The number of hydrogen-bond acceptors (Lipinski definition) is 6. The summed E-state index contributed by atoms with van der Waals surface area (Å²) in [4.78, 5) is 4.26. The van der Waals surface area contributed by atoms with Gasteiger partial charge in [0.25, 0.3) is 0 Å². The number of rotatable bonds is 5. The Kier molecular flexibility index (Phi) is 3.42. The Morgan fingerprint density at radius 3 is 3.05 bits per heavy atom. The van der Waals surface area contributed by atoms with Crippen molar-refractivity contribution in [1.29, 1.82) is 0 Å². The maximum absolute atomic E-state index is 5.07. The van der Waals surface area contributed by atoms with E-state index in [-0.39, 0.29) is 6.04 Å². The molecule has 0 unspecified atom stereocenters. The minimum atomic E-state index is 0.0379. The third-order valence-electron chi connectivity index (χ3n) is 3.11. The summed E-state index contributed by atoms with van der Waals surface area (Å²) in [5.74, 6) is 2.17. The third-order valence-corrected chi connectivity index (χ3v) is 3.11. The Morgan fingerprint density at radius 1 is 1.35 bits per heavy atom. The largest absolute Gasteiger partial charge is 0.339 e. The van der Waals surface area contributed by atoms with Crippen molar-refractivity contribution in [2.24, 2.45) is 0 Å². The first-order valence-electron chi connectivity index (χ1n) is 6.62. The van der Waals surface area contributed by atoms with Crippen LogP contribution in [0.1, 0.15) is 37.4 Å². The standard InChI is InChI=1S/C13H16N6O/c1-3-12-15-10(18-20-12)8-14-9(2)13-17-16-11-6-4-5-7-19(11)13/h4-7,9,14H,3,8H2,1-2H3/t9-/m0/s1. The molecule has 7 heteroatoms. The predicted octanol–water partition coefficient (Wildman–Crippen LogP) is 1.53. The fourth-order valence-corrected chi connectivity index (χ4v) is 2.00. The van der Waals surface area contributed by atoms with E-state index < -0.39 is 0 Å². The van der Waals surface area contributed by atoms with Crippen LogP contribution >= 0.6 is 0 Å². The minimum absolute atomic E-state index is 0.0379. The summed E-state index contributed by atoms with van der Waals surface area (Å²) in [6, 6.07) is 5.86. The van der Waals surface area contributed by atoms with E-state index >= 15 is 0 Å². The summed E-state index contributed by atoms with van der Waals surface area (Å²) in [6.45, 7) is 4.55. The number of aryl methyl sites for hydroxylation is 1. The molecule has 0 radical (unpaired) electrons. The highest BCUT2D eigenvalue weighted by molar-refractivity contribution is 5.37. The number of fused-ring (bicyclic) bond motifs is 1. The molecule has 0 fully saturated rings. The van der Waals surface area contributed by atoms with Gasteiger partial charge in [-0.15, -0.1) is 10.2 Å². The molecule has 1 N–H and O–H groups in total. The van der Waals surface area contributed by atoms with Gasteiger partial charge in [-0.2, -0.15) is 4.98 Å². The predicted molar refractivity (Wildman–Crippen MR) is 71.9 cm³/mol. The molecular weight excluding hydrogens is 256 g/mol. The molecule has 0 aliphatic carbocycles. The lowest BCUT2D eigenvalue weighted by atomic mass is 10.3. The molecule has 0 amide bonds. The Labute approximate surface area is 116 Å². The smallest absolute Gasteiger partial charge is 0.226 e. The molecule has 0 spiro atoms. The average Bonchev–Trinajstić information content (AvgIpc) is 3.11. The molecule has 0 aliphatic heterocycles. The molecule has 104 valence electrons. The molecule has 3 aromatic heterocycles. The fraction of sp³-hybridized carbons (Fsp3) is 0.385. The van der Waals surface area contributed by atoms with E-state index in [1.807, 2.05) is 42.6 Å². The zero-order valence-corrected chi connectivity index (χ0v) is 11.4. The van der Waals surface area contributed by atoms with E-state index in [0.29, 0.717) is 18.3 Å². The van der Waals surface area contributed by atoms with Gasteiger partial charge >= 0.3 is 0 Å². The van der Waals surface area contributed by atoms with Crippen LogP contribution in [0.25, 0.3) is 5.65 Å².